The average molecular weight is 509 g/mol. The molecule has 3 aromatic rings. The van der Waals surface area contributed by atoms with E-state index in [0.717, 1.165) is 21.2 Å². The van der Waals surface area contributed by atoms with Crippen molar-refractivity contribution in [2.75, 3.05) is 19.5 Å². The summed E-state index contributed by atoms with van der Waals surface area (Å²) in [7, 11) is 3.30. The first-order valence-electron chi connectivity index (χ1n) is 12.0. The number of hydrogen-bond donors (Lipinski definition) is 1. The van der Waals surface area contributed by atoms with E-state index in [4.69, 9.17) is 9.47 Å². The van der Waals surface area contributed by atoms with Gasteiger partial charge in [0.15, 0.2) is 11.5 Å². The number of carbonyl (C=O) groups is 1. The van der Waals surface area contributed by atoms with Gasteiger partial charge < -0.3 is 14.8 Å². The molecule has 0 saturated heterocycles. The summed E-state index contributed by atoms with van der Waals surface area (Å²) in [6.45, 7) is 0.0245. The molecule has 2 bridgehead atoms. The Bertz CT molecular complexity index is 1320. The molecule has 1 N–H and O–H groups in total. The van der Waals surface area contributed by atoms with Crippen LogP contribution < -0.4 is 19.7 Å². The zero-order chi connectivity index (χ0) is 24.1. The molecular weight excluding hydrogens is 480 g/mol. The van der Waals surface area contributed by atoms with Gasteiger partial charge in [-0.15, -0.1) is 11.8 Å². The highest BCUT2D eigenvalue weighted by molar-refractivity contribution is 8.00. The molecule has 2 aromatic carbocycles. The van der Waals surface area contributed by atoms with Crippen molar-refractivity contribution in [1.82, 2.24) is 4.57 Å². The summed E-state index contributed by atoms with van der Waals surface area (Å²) in [6.07, 6.45) is 3.79. The highest BCUT2D eigenvalue weighted by Gasteiger charge is 2.55. The lowest BCUT2D eigenvalue weighted by molar-refractivity contribution is -0.116. The molecule has 1 amide bonds. The third-order valence-corrected chi connectivity index (χ3v) is 10.6. The molecule has 5 atom stereocenters. The molecule has 2 saturated carbocycles. The second-order valence-corrected chi connectivity index (χ2v) is 11.8. The molecule has 2 heterocycles. The fourth-order valence-corrected chi connectivity index (χ4v) is 9.52. The summed E-state index contributed by atoms with van der Waals surface area (Å²) in [5, 5.41) is 4.36. The van der Waals surface area contributed by atoms with Gasteiger partial charge in [-0.3, -0.25) is 14.2 Å². The SMILES string of the molecule is COc1ccc(C2c3sc(=O)n(CC(=O)Nc4ccccc4)c3SC3C4CCC(C4)C23)cc1OC. The predicted molar refractivity (Wildman–Crippen MR) is 139 cm³/mol. The number of rotatable bonds is 6. The van der Waals surface area contributed by atoms with E-state index in [9.17, 15) is 9.59 Å². The lowest BCUT2D eigenvalue weighted by Gasteiger charge is -2.40. The van der Waals surface area contributed by atoms with E-state index in [1.54, 1.807) is 18.8 Å². The molecule has 3 aliphatic rings. The van der Waals surface area contributed by atoms with Gasteiger partial charge in [0.1, 0.15) is 6.54 Å². The van der Waals surface area contributed by atoms with Crippen LogP contribution in [-0.4, -0.2) is 29.9 Å². The van der Waals surface area contributed by atoms with E-state index in [1.807, 2.05) is 48.2 Å². The zero-order valence-electron chi connectivity index (χ0n) is 19.7. The number of amides is 1. The Hall–Kier alpha value is -2.71. The minimum Gasteiger partial charge on any atom is -0.493 e. The maximum atomic E-state index is 13.2. The van der Waals surface area contributed by atoms with E-state index in [2.05, 4.69) is 17.4 Å². The monoisotopic (exact) mass is 508 g/mol. The van der Waals surface area contributed by atoms with Gasteiger partial charge in [0.05, 0.1) is 19.2 Å². The van der Waals surface area contributed by atoms with E-state index in [-0.39, 0.29) is 23.2 Å². The first-order valence-corrected chi connectivity index (χ1v) is 13.7. The number of ether oxygens (including phenoxy) is 2. The number of methoxy groups -OCH3 is 2. The summed E-state index contributed by atoms with van der Waals surface area (Å²) in [5.74, 6) is 3.20. The minimum atomic E-state index is -0.183. The quantitative estimate of drug-likeness (QED) is 0.495. The number of thioether (sulfide) groups is 1. The number of aromatic nitrogens is 1. The van der Waals surface area contributed by atoms with Crippen molar-refractivity contribution in [2.45, 2.75) is 42.0 Å². The van der Waals surface area contributed by atoms with Crippen molar-refractivity contribution in [1.29, 1.82) is 0 Å². The van der Waals surface area contributed by atoms with E-state index in [0.29, 0.717) is 34.5 Å². The normalized spacial score (nSPS) is 26.2. The summed E-state index contributed by atoms with van der Waals surface area (Å²) in [5.41, 5.74) is 1.90. The highest BCUT2D eigenvalue weighted by Crippen LogP contribution is 2.64. The number of fused-ring (bicyclic) bond motifs is 6. The first kappa shape index (κ1) is 22.7. The number of hydrogen-bond acceptors (Lipinski definition) is 6. The van der Waals surface area contributed by atoms with Crippen LogP contribution in [0.1, 0.15) is 35.6 Å². The molecule has 8 heteroatoms. The number of nitrogens with one attached hydrogen (secondary N) is 1. The predicted octanol–water partition coefficient (Wildman–Crippen LogP) is 5.22. The Morgan fingerprint density at radius 1 is 1.06 bits per heavy atom. The van der Waals surface area contributed by atoms with Gasteiger partial charge in [0.25, 0.3) is 0 Å². The number of nitrogens with zero attached hydrogens (tertiary/aromatic N) is 1. The summed E-state index contributed by atoms with van der Waals surface area (Å²) in [4.78, 5) is 27.1. The van der Waals surface area contributed by atoms with Gasteiger partial charge in [-0.1, -0.05) is 35.6 Å². The van der Waals surface area contributed by atoms with Gasteiger partial charge in [-0.2, -0.15) is 0 Å². The fraction of sp³-hybridized carbons (Fsp3) is 0.407. The van der Waals surface area contributed by atoms with Crippen LogP contribution in [-0.2, 0) is 11.3 Å². The standard InChI is InChI=1S/C27H28N2O4S2/c1-32-19-11-10-16(13-20(19)33-2)23-22-15-8-9-17(12-15)24(22)34-26-25(23)35-27(31)29(26)14-21(30)28-18-6-4-3-5-7-18/h3-7,10-11,13,15,17,22-24H,8-9,12,14H2,1-2H3,(H,28,30). The minimum absolute atomic E-state index is 0.0245. The molecule has 182 valence electrons. The van der Waals surface area contributed by atoms with E-state index < -0.39 is 0 Å². The molecule has 2 fully saturated rings. The maximum absolute atomic E-state index is 13.2. The summed E-state index contributed by atoms with van der Waals surface area (Å²) in [6, 6.07) is 15.5. The molecular formula is C27H28N2O4S2. The number of thiazole rings is 1. The van der Waals surface area contributed by atoms with Crippen molar-refractivity contribution in [3.05, 3.63) is 68.6 Å². The van der Waals surface area contributed by atoms with Crippen LogP contribution in [0.2, 0.25) is 0 Å². The molecule has 1 aliphatic heterocycles. The van der Waals surface area contributed by atoms with Gasteiger partial charge in [0.2, 0.25) is 5.91 Å². The molecule has 0 radical (unpaired) electrons. The Kier molecular flexibility index (Phi) is 5.89. The number of para-hydroxylation sites is 1. The van der Waals surface area contributed by atoms with Crippen molar-refractivity contribution >= 4 is 34.7 Å². The second kappa shape index (κ2) is 9.06. The third-order valence-electron chi connectivity index (χ3n) is 7.82. The Balaban J connectivity index is 1.40. The lowest BCUT2D eigenvalue weighted by Crippen LogP contribution is -2.34. The fourth-order valence-electron chi connectivity index (χ4n) is 6.37. The Labute approximate surface area is 212 Å². The molecule has 6 rings (SSSR count). The smallest absolute Gasteiger partial charge is 0.308 e. The Morgan fingerprint density at radius 2 is 1.83 bits per heavy atom. The van der Waals surface area contributed by atoms with Gasteiger partial charge in [0, 0.05) is 21.7 Å². The zero-order valence-corrected chi connectivity index (χ0v) is 21.4. The first-order chi connectivity index (χ1) is 17.1. The van der Waals surface area contributed by atoms with Crippen LogP contribution in [0.25, 0.3) is 0 Å². The largest absolute Gasteiger partial charge is 0.493 e. The van der Waals surface area contributed by atoms with Crippen molar-refractivity contribution in [3.63, 3.8) is 0 Å². The van der Waals surface area contributed by atoms with E-state index in [1.165, 1.54) is 30.6 Å². The lowest BCUT2D eigenvalue weighted by atomic mass is 9.75. The second-order valence-electron chi connectivity index (χ2n) is 9.62. The summed E-state index contributed by atoms with van der Waals surface area (Å²) < 4.78 is 12.8. The topological polar surface area (TPSA) is 69.6 Å². The Morgan fingerprint density at radius 3 is 2.60 bits per heavy atom. The van der Waals surface area contributed by atoms with Crippen molar-refractivity contribution in [2.24, 2.45) is 17.8 Å². The summed E-state index contributed by atoms with van der Waals surface area (Å²) >= 11 is 3.14. The van der Waals surface area contributed by atoms with Gasteiger partial charge >= 0.3 is 4.87 Å². The van der Waals surface area contributed by atoms with Crippen LogP contribution in [0, 0.1) is 17.8 Å². The maximum Gasteiger partial charge on any atom is 0.308 e. The molecule has 6 nitrogen and oxygen atoms in total. The molecule has 1 aromatic heterocycles. The molecule has 5 unspecified atom stereocenters. The van der Waals surface area contributed by atoms with Crippen molar-refractivity contribution in [3.8, 4) is 11.5 Å². The highest BCUT2D eigenvalue weighted by atomic mass is 32.2. The average Bonchev–Trinajstić information content (AvgIpc) is 3.57. The molecule has 35 heavy (non-hydrogen) atoms. The van der Waals surface area contributed by atoms with Gasteiger partial charge in [-0.25, -0.2) is 0 Å². The van der Waals surface area contributed by atoms with Crippen molar-refractivity contribution < 1.29 is 14.3 Å². The van der Waals surface area contributed by atoms with Crippen LogP contribution >= 0.6 is 23.1 Å². The molecule has 2 aliphatic carbocycles. The van der Waals surface area contributed by atoms with Crippen LogP contribution in [0.4, 0.5) is 5.69 Å². The number of benzene rings is 2. The number of anilines is 1. The van der Waals surface area contributed by atoms with Crippen LogP contribution in [0.3, 0.4) is 0 Å². The molecule has 0 spiro atoms. The third kappa shape index (κ3) is 3.87. The van der Waals surface area contributed by atoms with Gasteiger partial charge in [-0.05, 0) is 66.8 Å². The van der Waals surface area contributed by atoms with E-state index >= 15 is 0 Å². The van der Waals surface area contributed by atoms with Crippen LogP contribution in [0.15, 0.2) is 58.4 Å². The number of carbonyl (C=O) groups excluding carboxylic acids is 1. The van der Waals surface area contributed by atoms with Crippen LogP contribution in [0.5, 0.6) is 11.5 Å².